The molecule has 148 valence electrons. The minimum absolute atomic E-state index is 0.195. The van der Waals surface area contributed by atoms with Gasteiger partial charge in [0.25, 0.3) is 0 Å². The summed E-state index contributed by atoms with van der Waals surface area (Å²) in [6, 6.07) is 5.11. The van der Waals surface area contributed by atoms with Gasteiger partial charge in [0.2, 0.25) is 0 Å². The van der Waals surface area contributed by atoms with E-state index in [1.807, 2.05) is 0 Å². The molecular formula is C19H19F3N4O2. The van der Waals surface area contributed by atoms with E-state index in [4.69, 9.17) is 4.74 Å². The third-order valence-electron chi connectivity index (χ3n) is 4.87. The number of carbonyl (C=O) groups is 1. The highest BCUT2D eigenvalue weighted by Crippen LogP contribution is 2.37. The molecule has 1 saturated carbocycles. The molecule has 1 aromatic carbocycles. The number of allylic oxidation sites excluding steroid dienone is 1. The van der Waals surface area contributed by atoms with E-state index in [-0.39, 0.29) is 12.6 Å². The predicted octanol–water partition coefficient (Wildman–Crippen LogP) is 4.08. The fraction of sp³-hybridized carbons (Fsp3) is 0.421. The Labute approximate surface area is 159 Å². The maximum Gasteiger partial charge on any atom is 0.416 e. The van der Waals surface area contributed by atoms with Crippen LogP contribution in [0.25, 0.3) is 5.57 Å². The number of aromatic nitrogens is 3. The van der Waals surface area contributed by atoms with Gasteiger partial charge in [-0.1, -0.05) is 23.9 Å². The number of nitrogens with one attached hydrogen (secondary N) is 1. The van der Waals surface area contributed by atoms with Gasteiger partial charge in [-0.2, -0.15) is 13.2 Å². The van der Waals surface area contributed by atoms with Crippen LogP contribution in [0.4, 0.5) is 18.0 Å². The zero-order chi connectivity index (χ0) is 19.9. The van der Waals surface area contributed by atoms with Crippen LogP contribution in [0.5, 0.6) is 0 Å². The summed E-state index contributed by atoms with van der Waals surface area (Å²) in [6.45, 7) is 4.29. The lowest BCUT2D eigenvalue weighted by atomic mass is 9.94. The molecule has 0 aliphatic heterocycles. The quantitative estimate of drug-likeness (QED) is 0.851. The second kappa shape index (κ2) is 6.96. The van der Waals surface area contributed by atoms with E-state index in [1.54, 1.807) is 4.68 Å². The molecule has 1 N–H and O–H groups in total. The second-order valence-electron chi connectivity index (χ2n) is 7.13. The number of alkyl halides is 3. The molecule has 2 aliphatic rings. The fourth-order valence-electron chi connectivity index (χ4n) is 3.22. The first-order valence-corrected chi connectivity index (χ1v) is 9.06. The molecule has 4 rings (SSSR count). The van der Waals surface area contributed by atoms with Gasteiger partial charge in [0.15, 0.2) is 0 Å². The van der Waals surface area contributed by atoms with Crippen molar-refractivity contribution in [1.29, 1.82) is 0 Å². The molecule has 2 aromatic rings. The van der Waals surface area contributed by atoms with Crippen molar-refractivity contribution in [3.05, 3.63) is 53.4 Å². The first-order chi connectivity index (χ1) is 13.3. The van der Waals surface area contributed by atoms with Crippen LogP contribution in [0.3, 0.4) is 0 Å². The average molecular weight is 392 g/mol. The SMILES string of the molecule is C=C1CC[C@@H](OC(=O)NC2CC2)c2nnn(Cc3ccc(C(F)(F)F)cc3)c21. The minimum atomic E-state index is -4.37. The van der Waals surface area contributed by atoms with E-state index < -0.39 is 23.9 Å². The lowest BCUT2D eigenvalue weighted by Crippen LogP contribution is -2.29. The summed E-state index contributed by atoms with van der Waals surface area (Å²) in [5.41, 5.74) is 1.98. The van der Waals surface area contributed by atoms with E-state index in [0.29, 0.717) is 29.8 Å². The predicted molar refractivity (Wildman–Crippen MR) is 94.2 cm³/mol. The molecule has 0 saturated heterocycles. The second-order valence-corrected chi connectivity index (χ2v) is 7.13. The number of rotatable bonds is 4. The van der Waals surface area contributed by atoms with E-state index in [0.717, 1.165) is 30.5 Å². The third-order valence-corrected chi connectivity index (χ3v) is 4.87. The number of carbonyl (C=O) groups excluding carboxylic acids is 1. The summed E-state index contributed by atoms with van der Waals surface area (Å²) >= 11 is 0. The normalized spacial score (nSPS) is 19.2. The molecule has 1 atom stereocenters. The van der Waals surface area contributed by atoms with Gasteiger partial charge in [-0.3, -0.25) is 0 Å². The topological polar surface area (TPSA) is 69.0 Å². The summed E-state index contributed by atoms with van der Waals surface area (Å²) < 4.78 is 45.2. The molecule has 1 aromatic heterocycles. The first kappa shape index (κ1) is 18.5. The average Bonchev–Trinajstić information content (AvgIpc) is 3.34. The maximum atomic E-state index is 12.7. The molecule has 0 bridgehead atoms. The molecule has 0 radical (unpaired) electrons. The van der Waals surface area contributed by atoms with Gasteiger partial charge in [-0.05, 0) is 49.0 Å². The molecule has 6 nitrogen and oxygen atoms in total. The van der Waals surface area contributed by atoms with Crippen molar-refractivity contribution < 1.29 is 22.7 Å². The van der Waals surface area contributed by atoms with E-state index in [1.165, 1.54) is 12.1 Å². The summed E-state index contributed by atoms with van der Waals surface area (Å²) in [7, 11) is 0. The van der Waals surface area contributed by atoms with E-state index in [2.05, 4.69) is 22.2 Å². The number of hydrogen-bond acceptors (Lipinski definition) is 4. The van der Waals surface area contributed by atoms with Gasteiger partial charge in [0.05, 0.1) is 17.8 Å². The summed E-state index contributed by atoms with van der Waals surface area (Å²) in [5, 5.41) is 11.1. The molecule has 28 heavy (non-hydrogen) atoms. The highest BCUT2D eigenvalue weighted by Gasteiger charge is 2.33. The molecule has 1 amide bonds. The lowest BCUT2D eigenvalue weighted by molar-refractivity contribution is -0.137. The Bertz CT molecular complexity index is 901. The third kappa shape index (κ3) is 3.88. The standard InChI is InChI=1S/C19H19F3N4O2/c1-11-2-9-15(28-18(27)23-14-7-8-14)16-17(11)26(25-24-16)10-12-3-5-13(6-4-12)19(20,21)22/h3-6,14-15H,1-2,7-10H2,(H,23,27)/t15-/m1/s1. The zero-order valence-electron chi connectivity index (χ0n) is 15.0. The van der Waals surface area contributed by atoms with E-state index in [9.17, 15) is 18.0 Å². The fourth-order valence-corrected chi connectivity index (χ4v) is 3.22. The summed E-state index contributed by atoms with van der Waals surface area (Å²) in [6.07, 6.45) is -2.23. The molecular weight excluding hydrogens is 373 g/mol. The van der Waals surface area contributed by atoms with Gasteiger partial charge in [0.1, 0.15) is 11.8 Å². The number of alkyl carbamates (subject to hydrolysis) is 1. The highest BCUT2D eigenvalue weighted by molar-refractivity contribution is 5.70. The van der Waals surface area contributed by atoms with Gasteiger partial charge in [-0.15, -0.1) is 5.10 Å². The number of nitrogens with zero attached hydrogens (tertiary/aromatic N) is 3. The minimum Gasteiger partial charge on any atom is -0.440 e. The van der Waals surface area contributed by atoms with Crippen LogP contribution in [0.1, 0.15) is 54.3 Å². The Morgan fingerprint density at radius 2 is 1.96 bits per heavy atom. The Morgan fingerprint density at radius 3 is 2.61 bits per heavy atom. The molecule has 1 fully saturated rings. The van der Waals surface area contributed by atoms with Crippen molar-refractivity contribution >= 4 is 11.7 Å². The van der Waals surface area contributed by atoms with Crippen molar-refractivity contribution in [1.82, 2.24) is 20.3 Å². The Kier molecular flexibility index (Phi) is 4.60. The highest BCUT2D eigenvalue weighted by atomic mass is 19.4. The molecule has 9 heteroatoms. The van der Waals surface area contributed by atoms with Crippen molar-refractivity contribution in [2.75, 3.05) is 0 Å². The van der Waals surface area contributed by atoms with Crippen LogP contribution in [-0.2, 0) is 17.5 Å². The summed E-state index contributed by atoms with van der Waals surface area (Å²) in [4.78, 5) is 12.0. The number of hydrogen-bond donors (Lipinski definition) is 1. The Hall–Kier alpha value is -2.84. The number of amides is 1. The number of fused-ring (bicyclic) bond motifs is 1. The van der Waals surface area contributed by atoms with Crippen molar-refractivity contribution in [3.8, 4) is 0 Å². The van der Waals surface area contributed by atoms with Crippen molar-refractivity contribution in [3.63, 3.8) is 0 Å². The molecule has 0 unspecified atom stereocenters. The van der Waals surface area contributed by atoms with Gasteiger partial charge >= 0.3 is 12.3 Å². The number of benzene rings is 1. The number of halogens is 3. The van der Waals surface area contributed by atoms with Crippen LogP contribution in [0.15, 0.2) is 30.8 Å². The summed E-state index contributed by atoms with van der Waals surface area (Å²) in [5.74, 6) is 0. The van der Waals surface area contributed by atoms with E-state index >= 15 is 0 Å². The Morgan fingerprint density at radius 1 is 1.25 bits per heavy atom. The van der Waals surface area contributed by atoms with Gasteiger partial charge < -0.3 is 10.1 Å². The van der Waals surface area contributed by atoms with Gasteiger partial charge in [-0.25, -0.2) is 9.48 Å². The maximum absolute atomic E-state index is 12.7. The first-order valence-electron chi connectivity index (χ1n) is 9.06. The van der Waals surface area contributed by atoms with Crippen LogP contribution >= 0.6 is 0 Å². The van der Waals surface area contributed by atoms with Crippen LogP contribution < -0.4 is 5.32 Å². The molecule has 1 heterocycles. The molecule has 2 aliphatic carbocycles. The van der Waals surface area contributed by atoms with Crippen LogP contribution in [0, 0.1) is 0 Å². The van der Waals surface area contributed by atoms with Gasteiger partial charge in [0, 0.05) is 6.04 Å². The van der Waals surface area contributed by atoms with Crippen LogP contribution in [0.2, 0.25) is 0 Å². The van der Waals surface area contributed by atoms with Crippen molar-refractivity contribution in [2.24, 2.45) is 0 Å². The molecule has 0 spiro atoms. The largest absolute Gasteiger partial charge is 0.440 e. The zero-order valence-corrected chi connectivity index (χ0v) is 15.0. The smallest absolute Gasteiger partial charge is 0.416 e. The monoisotopic (exact) mass is 392 g/mol. The Balaban J connectivity index is 1.51. The van der Waals surface area contributed by atoms with Crippen LogP contribution in [-0.4, -0.2) is 27.1 Å². The lowest BCUT2D eigenvalue weighted by Gasteiger charge is -2.23. The number of ether oxygens (including phenoxy) is 1. The van der Waals surface area contributed by atoms with Crippen molar-refractivity contribution in [2.45, 2.75) is 50.6 Å².